The van der Waals surface area contributed by atoms with Crippen LogP contribution in [0.2, 0.25) is 0 Å². The minimum absolute atomic E-state index is 0.231. The predicted molar refractivity (Wildman–Crippen MR) is 55.7 cm³/mol. The summed E-state index contributed by atoms with van der Waals surface area (Å²) in [5, 5.41) is 3.23. The predicted octanol–water partition coefficient (Wildman–Crippen LogP) is 1.24. The maximum atomic E-state index is 11.4. The van der Waals surface area contributed by atoms with Gasteiger partial charge in [-0.25, -0.2) is 0 Å². The molecule has 0 atom stereocenters. The Hall–Kier alpha value is -0.570. The lowest BCUT2D eigenvalue weighted by atomic mass is 10.3. The van der Waals surface area contributed by atoms with Crippen molar-refractivity contribution in [2.24, 2.45) is 0 Å². The largest absolute Gasteiger partial charge is 0.346 e. The van der Waals surface area contributed by atoms with Gasteiger partial charge in [0.25, 0.3) is 0 Å². The molecule has 1 amide bonds. The Bertz CT molecular complexity index is 146. The van der Waals surface area contributed by atoms with Crippen LogP contribution in [-0.2, 0) is 4.79 Å². The summed E-state index contributed by atoms with van der Waals surface area (Å²) in [5.41, 5.74) is 0. The number of carbonyl (C=O) groups excluding carboxylic acids is 1. The van der Waals surface area contributed by atoms with E-state index >= 15 is 0 Å². The number of nitrogens with one attached hydrogen (secondary N) is 1. The normalized spacial score (nSPS) is 10.5. The zero-order chi connectivity index (χ0) is 10.3. The van der Waals surface area contributed by atoms with Gasteiger partial charge >= 0.3 is 0 Å². The zero-order valence-corrected chi connectivity index (χ0v) is 9.26. The van der Waals surface area contributed by atoms with Crippen LogP contribution in [0, 0.1) is 0 Å². The number of carbonyl (C=O) groups is 1. The van der Waals surface area contributed by atoms with E-state index in [0.29, 0.717) is 12.5 Å². The lowest BCUT2D eigenvalue weighted by Gasteiger charge is -2.16. The minimum atomic E-state index is 0.231. The van der Waals surface area contributed by atoms with Gasteiger partial charge in [-0.1, -0.05) is 20.8 Å². The van der Waals surface area contributed by atoms with E-state index in [1.54, 1.807) is 4.90 Å². The second-order valence-electron chi connectivity index (χ2n) is 3.67. The Morgan fingerprint density at radius 3 is 2.54 bits per heavy atom. The van der Waals surface area contributed by atoms with Crippen molar-refractivity contribution in [1.82, 2.24) is 10.2 Å². The molecule has 1 N–H and O–H groups in total. The van der Waals surface area contributed by atoms with Gasteiger partial charge in [0, 0.05) is 32.6 Å². The summed E-state index contributed by atoms with van der Waals surface area (Å²) >= 11 is 0. The number of amides is 1. The minimum Gasteiger partial charge on any atom is -0.346 e. The first-order valence-corrected chi connectivity index (χ1v) is 5.05. The highest BCUT2D eigenvalue weighted by atomic mass is 16.2. The van der Waals surface area contributed by atoms with E-state index in [2.05, 4.69) is 26.1 Å². The van der Waals surface area contributed by atoms with Gasteiger partial charge in [-0.15, -0.1) is 0 Å². The summed E-state index contributed by atoms with van der Waals surface area (Å²) in [6, 6.07) is 0.462. The number of hydrogen-bond donors (Lipinski definition) is 1. The van der Waals surface area contributed by atoms with Crippen molar-refractivity contribution in [3.8, 4) is 0 Å². The molecule has 0 fully saturated rings. The highest BCUT2D eigenvalue weighted by Crippen LogP contribution is 1.92. The van der Waals surface area contributed by atoms with Crippen LogP contribution in [0.5, 0.6) is 0 Å². The highest BCUT2D eigenvalue weighted by molar-refractivity contribution is 5.75. The monoisotopic (exact) mass is 186 g/mol. The molecule has 0 spiro atoms. The third kappa shape index (κ3) is 6.58. The van der Waals surface area contributed by atoms with Crippen LogP contribution < -0.4 is 5.32 Å². The molecule has 3 nitrogen and oxygen atoms in total. The maximum absolute atomic E-state index is 11.4. The van der Waals surface area contributed by atoms with E-state index in [-0.39, 0.29) is 5.91 Å². The Morgan fingerprint density at radius 2 is 2.08 bits per heavy atom. The van der Waals surface area contributed by atoms with Crippen LogP contribution in [0.3, 0.4) is 0 Å². The summed E-state index contributed by atoms with van der Waals surface area (Å²) in [6.45, 7) is 7.89. The fourth-order valence-electron chi connectivity index (χ4n) is 1.12. The van der Waals surface area contributed by atoms with E-state index in [1.165, 1.54) is 0 Å². The Balaban J connectivity index is 3.50. The third-order valence-electron chi connectivity index (χ3n) is 1.88. The van der Waals surface area contributed by atoms with Gasteiger partial charge in [0.05, 0.1) is 0 Å². The van der Waals surface area contributed by atoms with Crippen LogP contribution >= 0.6 is 0 Å². The number of nitrogens with zero attached hydrogens (tertiary/aromatic N) is 1. The SMILES string of the molecule is CCCN(C)C(=O)CCNC(C)C. The molecule has 3 heteroatoms. The van der Waals surface area contributed by atoms with E-state index in [9.17, 15) is 4.79 Å². The Labute approximate surface area is 81.5 Å². The summed E-state index contributed by atoms with van der Waals surface area (Å²) in [7, 11) is 1.86. The van der Waals surface area contributed by atoms with Crippen molar-refractivity contribution in [3.63, 3.8) is 0 Å². The summed E-state index contributed by atoms with van der Waals surface area (Å²) < 4.78 is 0. The van der Waals surface area contributed by atoms with Crippen LogP contribution in [0.4, 0.5) is 0 Å². The van der Waals surface area contributed by atoms with E-state index in [1.807, 2.05) is 7.05 Å². The molecule has 0 aromatic rings. The Kier molecular flexibility index (Phi) is 6.59. The lowest BCUT2D eigenvalue weighted by Crippen LogP contribution is -2.32. The average Bonchev–Trinajstić information content (AvgIpc) is 2.04. The quantitative estimate of drug-likeness (QED) is 0.677. The van der Waals surface area contributed by atoms with E-state index < -0.39 is 0 Å². The summed E-state index contributed by atoms with van der Waals surface area (Å²) in [4.78, 5) is 13.2. The number of rotatable bonds is 6. The van der Waals surface area contributed by atoms with Crippen molar-refractivity contribution < 1.29 is 4.79 Å². The van der Waals surface area contributed by atoms with Crippen LogP contribution in [0.15, 0.2) is 0 Å². The van der Waals surface area contributed by atoms with Gasteiger partial charge in [-0.3, -0.25) is 4.79 Å². The third-order valence-corrected chi connectivity index (χ3v) is 1.88. The first-order chi connectivity index (χ1) is 6.07. The van der Waals surface area contributed by atoms with Crippen LogP contribution in [-0.4, -0.2) is 37.0 Å². The smallest absolute Gasteiger partial charge is 0.223 e. The standard InChI is InChI=1S/C10H22N2O/c1-5-8-12(4)10(13)6-7-11-9(2)3/h9,11H,5-8H2,1-4H3. The second-order valence-corrected chi connectivity index (χ2v) is 3.67. The van der Waals surface area contributed by atoms with Crippen LogP contribution in [0.25, 0.3) is 0 Å². The summed E-state index contributed by atoms with van der Waals surface area (Å²) in [5.74, 6) is 0.231. The molecule has 0 aliphatic rings. The van der Waals surface area contributed by atoms with Crippen LogP contribution in [0.1, 0.15) is 33.6 Å². The second kappa shape index (κ2) is 6.89. The molecule has 0 rings (SSSR count). The fourth-order valence-corrected chi connectivity index (χ4v) is 1.12. The maximum Gasteiger partial charge on any atom is 0.223 e. The van der Waals surface area contributed by atoms with E-state index in [4.69, 9.17) is 0 Å². The van der Waals surface area contributed by atoms with Crippen molar-refractivity contribution in [1.29, 1.82) is 0 Å². The molecule has 0 heterocycles. The van der Waals surface area contributed by atoms with Crippen molar-refractivity contribution in [2.75, 3.05) is 20.1 Å². The topological polar surface area (TPSA) is 32.3 Å². The van der Waals surface area contributed by atoms with Crippen molar-refractivity contribution >= 4 is 5.91 Å². The van der Waals surface area contributed by atoms with Crippen molar-refractivity contribution in [3.05, 3.63) is 0 Å². The molecule has 13 heavy (non-hydrogen) atoms. The van der Waals surface area contributed by atoms with Gasteiger partial charge in [-0.2, -0.15) is 0 Å². The van der Waals surface area contributed by atoms with Gasteiger partial charge in [0.1, 0.15) is 0 Å². The van der Waals surface area contributed by atoms with Gasteiger partial charge < -0.3 is 10.2 Å². The summed E-state index contributed by atoms with van der Waals surface area (Å²) in [6.07, 6.45) is 1.63. The molecule has 0 bridgehead atoms. The first-order valence-electron chi connectivity index (χ1n) is 5.05. The van der Waals surface area contributed by atoms with E-state index in [0.717, 1.165) is 19.5 Å². The van der Waals surface area contributed by atoms with Gasteiger partial charge in [0.2, 0.25) is 5.91 Å². The molecule has 0 radical (unpaired) electrons. The Morgan fingerprint density at radius 1 is 1.46 bits per heavy atom. The molecular weight excluding hydrogens is 164 g/mol. The molecule has 0 saturated heterocycles. The fraction of sp³-hybridized carbons (Fsp3) is 0.900. The molecule has 0 unspecified atom stereocenters. The average molecular weight is 186 g/mol. The van der Waals surface area contributed by atoms with Gasteiger partial charge in [0.15, 0.2) is 0 Å². The molecular formula is C10H22N2O. The molecule has 0 aliphatic heterocycles. The zero-order valence-electron chi connectivity index (χ0n) is 9.26. The van der Waals surface area contributed by atoms with Crippen molar-refractivity contribution in [2.45, 2.75) is 39.7 Å². The lowest BCUT2D eigenvalue weighted by molar-refractivity contribution is -0.129. The molecule has 0 aliphatic carbocycles. The molecule has 0 aromatic heterocycles. The molecule has 0 saturated carbocycles. The first kappa shape index (κ1) is 12.4. The molecule has 0 aromatic carbocycles. The molecule has 78 valence electrons. The number of hydrogen-bond acceptors (Lipinski definition) is 2. The highest BCUT2D eigenvalue weighted by Gasteiger charge is 2.06. The van der Waals surface area contributed by atoms with Gasteiger partial charge in [-0.05, 0) is 6.42 Å².